The molecular formula is C18H24BrNO2. The quantitative estimate of drug-likeness (QED) is 0.734. The van der Waals surface area contributed by atoms with E-state index in [0.717, 1.165) is 41.5 Å². The summed E-state index contributed by atoms with van der Waals surface area (Å²) in [6.07, 6.45) is 3.70. The van der Waals surface area contributed by atoms with Gasteiger partial charge in [0, 0.05) is 28.8 Å². The molecule has 0 N–H and O–H groups in total. The number of carbonyl (C=O) groups is 1. The summed E-state index contributed by atoms with van der Waals surface area (Å²) in [6.45, 7) is 8.55. The van der Waals surface area contributed by atoms with Crippen molar-refractivity contribution >= 4 is 33.7 Å². The largest absolute Gasteiger partial charge is 0.466 e. The van der Waals surface area contributed by atoms with E-state index < -0.39 is 0 Å². The fourth-order valence-electron chi connectivity index (χ4n) is 2.83. The number of rotatable bonds is 3. The standard InChI is InChI=1S/C18H24BrNO2/c1-12(2)11-20-7-5-6-14(18(21)22-4)9-15-10-16(19)13(3)8-17(15)20/h8-10,12H,5-7,11H2,1-4H3/b14-9+. The van der Waals surface area contributed by atoms with Gasteiger partial charge < -0.3 is 9.64 Å². The highest BCUT2D eigenvalue weighted by Gasteiger charge is 2.19. The van der Waals surface area contributed by atoms with Crippen molar-refractivity contribution in [3.8, 4) is 0 Å². The molecule has 1 heterocycles. The Morgan fingerprint density at radius 3 is 2.77 bits per heavy atom. The molecule has 1 aromatic rings. The Bertz CT molecular complexity index is 593. The van der Waals surface area contributed by atoms with Crippen molar-refractivity contribution < 1.29 is 9.53 Å². The molecule has 0 saturated carbocycles. The van der Waals surface area contributed by atoms with Crippen molar-refractivity contribution in [3.63, 3.8) is 0 Å². The summed E-state index contributed by atoms with van der Waals surface area (Å²) in [5.41, 5.74) is 4.25. The van der Waals surface area contributed by atoms with Crippen LogP contribution in [0.3, 0.4) is 0 Å². The van der Waals surface area contributed by atoms with E-state index in [1.54, 1.807) is 0 Å². The van der Waals surface area contributed by atoms with Crippen LogP contribution in [0.25, 0.3) is 6.08 Å². The summed E-state index contributed by atoms with van der Waals surface area (Å²) in [7, 11) is 1.44. The molecule has 0 atom stereocenters. The first-order valence-corrected chi connectivity index (χ1v) is 8.55. The zero-order valence-electron chi connectivity index (χ0n) is 13.8. The minimum Gasteiger partial charge on any atom is -0.466 e. The smallest absolute Gasteiger partial charge is 0.333 e. The zero-order chi connectivity index (χ0) is 16.3. The van der Waals surface area contributed by atoms with E-state index >= 15 is 0 Å². The summed E-state index contributed by atoms with van der Waals surface area (Å²) in [4.78, 5) is 14.4. The molecule has 120 valence electrons. The van der Waals surface area contributed by atoms with Crippen molar-refractivity contribution in [3.05, 3.63) is 33.3 Å². The molecule has 2 rings (SSSR count). The minimum absolute atomic E-state index is 0.222. The van der Waals surface area contributed by atoms with Crippen molar-refractivity contribution in [2.24, 2.45) is 5.92 Å². The number of hydrogen-bond acceptors (Lipinski definition) is 3. The van der Waals surface area contributed by atoms with Crippen LogP contribution in [0.5, 0.6) is 0 Å². The average molecular weight is 366 g/mol. The zero-order valence-corrected chi connectivity index (χ0v) is 15.4. The van der Waals surface area contributed by atoms with Crippen LogP contribution in [-0.4, -0.2) is 26.2 Å². The molecule has 0 saturated heterocycles. The monoisotopic (exact) mass is 365 g/mol. The molecule has 1 aliphatic heterocycles. The number of methoxy groups -OCH3 is 1. The van der Waals surface area contributed by atoms with Gasteiger partial charge in [-0.2, -0.15) is 0 Å². The van der Waals surface area contributed by atoms with Crippen LogP contribution >= 0.6 is 15.9 Å². The maximum Gasteiger partial charge on any atom is 0.333 e. The lowest BCUT2D eigenvalue weighted by Gasteiger charge is -2.30. The van der Waals surface area contributed by atoms with E-state index in [4.69, 9.17) is 4.74 Å². The van der Waals surface area contributed by atoms with Gasteiger partial charge in [0.25, 0.3) is 0 Å². The minimum atomic E-state index is -0.222. The average Bonchev–Trinajstić information content (AvgIpc) is 2.45. The maximum atomic E-state index is 11.9. The predicted octanol–water partition coefficient (Wildman–Crippen LogP) is 4.57. The van der Waals surface area contributed by atoms with Gasteiger partial charge in [-0.25, -0.2) is 4.79 Å². The molecule has 0 bridgehead atoms. The third-order valence-corrected chi connectivity index (χ3v) is 4.74. The highest BCUT2D eigenvalue weighted by molar-refractivity contribution is 9.10. The van der Waals surface area contributed by atoms with Crippen LogP contribution in [0.15, 0.2) is 22.2 Å². The molecule has 1 aromatic carbocycles. The van der Waals surface area contributed by atoms with Gasteiger partial charge in [0.2, 0.25) is 0 Å². The third-order valence-electron chi connectivity index (χ3n) is 3.89. The van der Waals surface area contributed by atoms with Crippen LogP contribution in [0, 0.1) is 12.8 Å². The van der Waals surface area contributed by atoms with Crippen LogP contribution in [-0.2, 0) is 9.53 Å². The Kier molecular flexibility index (Phi) is 5.68. The third kappa shape index (κ3) is 3.92. The molecule has 0 aromatic heterocycles. The van der Waals surface area contributed by atoms with Gasteiger partial charge in [-0.1, -0.05) is 29.8 Å². The number of nitrogens with zero attached hydrogens (tertiary/aromatic N) is 1. The number of fused-ring (bicyclic) bond motifs is 1. The van der Waals surface area contributed by atoms with E-state index in [1.165, 1.54) is 18.4 Å². The van der Waals surface area contributed by atoms with Crippen molar-refractivity contribution in [2.45, 2.75) is 33.6 Å². The lowest BCUT2D eigenvalue weighted by Crippen LogP contribution is -2.30. The normalized spacial score (nSPS) is 17.4. The van der Waals surface area contributed by atoms with Gasteiger partial charge in [0.15, 0.2) is 0 Å². The number of benzene rings is 1. The van der Waals surface area contributed by atoms with Gasteiger partial charge in [-0.05, 0) is 55.0 Å². The Labute approximate surface area is 141 Å². The first-order valence-electron chi connectivity index (χ1n) is 7.76. The number of halogens is 1. The van der Waals surface area contributed by atoms with Gasteiger partial charge in [0.1, 0.15) is 0 Å². The molecule has 0 fully saturated rings. The van der Waals surface area contributed by atoms with Crippen molar-refractivity contribution in [1.29, 1.82) is 0 Å². The van der Waals surface area contributed by atoms with Gasteiger partial charge in [-0.3, -0.25) is 0 Å². The number of hydrogen-bond donors (Lipinski definition) is 0. The van der Waals surface area contributed by atoms with E-state index in [9.17, 15) is 4.79 Å². The molecule has 22 heavy (non-hydrogen) atoms. The number of ether oxygens (including phenoxy) is 1. The fourth-order valence-corrected chi connectivity index (χ4v) is 3.20. The second-order valence-corrected chi connectivity index (χ2v) is 7.12. The van der Waals surface area contributed by atoms with Gasteiger partial charge in [-0.15, -0.1) is 0 Å². The van der Waals surface area contributed by atoms with Crippen molar-refractivity contribution in [2.75, 3.05) is 25.1 Å². The molecule has 0 spiro atoms. The maximum absolute atomic E-state index is 11.9. The highest BCUT2D eigenvalue weighted by atomic mass is 79.9. The summed E-state index contributed by atoms with van der Waals surface area (Å²) in [5, 5.41) is 0. The van der Waals surface area contributed by atoms with Gasteiger partial charge in [0.05, 0.1) is 7.11 Å². The summed E-state index contributed by atoms with van der Waals surface area (Å²) >= 11 is 3.60. The van der Waals surface area contributed by atoms with E-state index in [2.05, 4.69) is 53.7 Å². The highest BCUT2D eigenvalue weighted by Crippen LogP contribution is 2.33. The summed E-state index contributed by atoms with van der Waals surface area (Å²) in [6, 6.07) is 4.31. The van der Waals surface area contributed by atoms with Crippen molar-refractivity contribution in [1.82, 2.24) is 0 Å². The topological polar surface area (TPSA) is 29.5 Å². The SMILES string of the molecule is COC(=O)/C1=C/c2cc(Br)c(C)cc2N(CC(C)C)CCC1. The molecular weight excluding hydrogens is 342 g/mol. The molecule has 0 radical (unpaired) electrons. The van der Waals surface area contributed by atoms with E-state index in [-0.39, 0.29) is 5.97 Å². The predicted molar refractivity (Wildman–Crippen MR) is 95.2 cm³/mol. The Hall–Kier alpha value is -1.29. The van der Waals surface area contributed by atoms with E-state index in [1.807, 2.05) is 6.08 Å². The molecule has 0 amide bonds. The lowest BCUT2D eigenvalue weighted by atomic mass is 9.99. The Morgan fingerprint density at radius 2 is 2.14 bits per heavy atom. The summed E-state index contributed by atoms with van der Waals surface area (Å²) in [5.74, 6) is 0.375. The van der Waals surface area contributed by atoms with E-state index in [0.29, 0.717) is 5.92 Å². The lowest BCUT2D eigenvalue weighted by molar-refractivity contribution is -0.136. The molecule has 3 nitrogen and oxygen atoms in total. The first kappa shape index (κ1) is 17.1. The first-order chi connectivity index (χ1) is 10.4. The summed E-state index contributed by atoms with van der Waals surface area (Å²) < 4.78 is 5.98. The van der Waals surface area contributed by atoms with Crippen LogP contribution in [0.2, 0.25) is 0 Å². The van der Waals surface area contributed by atoms with Crippen LogP contribution in [0.4, 0.5) is 5.69 Å². The second kappa shape index (κ2) is 7.32. The number of esters is 1. The number of carbonyl (C=O) groups excluding carboxylic acids is 1. The van der Waals surface area contributed by atoms with Gasteiger partial charge >= 0.3 is 5.97 Å². The Balaban J connectivity index is 2.52. The number of anilines is 1. The van der Waals surface area contributed by atoms with Crippen LogP contribution in [0.1, 0.15) is 37.8 Å². The second-order valence-electron chi connectivity index (χ2n) is 6.26. The fraction of sp³-hybridized carbons (Fsp3) is 0.500. The molecule has 4 heteroatoms. The van der Waals surface area contributed by atoms with Crippen LogP contribution < -0.4 is 4.90 Å². The molecule has 1 aliphatic rings. The number of aryl methyl sites for hydroxylation is 1. The molecule has 0 aliphatic carbocycles. The Morgan fingerprint density at radius 1 is 1.41 bits per heavy atom. The molecule has 0 unspecified atom stereocenters.